The highest BCUT2D eigenvalue weighted by molar-refractivity contribution is 6.30. The van der Waals surface area contributed by atoms with Crippen LogP contribution in [0.15, 0.2) is 42.5 Å². The van der Waals surface area contributed by atoms with Gasteiger partial charge in [0.05, 0.1) is 0 Å². The number of hydrogen-bond donors (Lipinski definition) is 0. The number of likely N-dealkylation sites (tertiary alicyclic amines) is 1. The Morgan fingerprint density at radius 2 is 1.93 bits per heavy atom. The quantitative estimate of drug-likeness (QED) is 0.695. The number of nitrogens with zero attached hydrogens (tertiary/aromatic N) is 2. The van der Waals surface area contributed by atoms with E-state index in [2.05, 4.69) is 11.0 Å². The van der Waals surface area contributed by atoms with Gasteiger partial charge in [-0.2, -0.15) is 0 Å². The zero-order valence-electron chi connectivity index (χ0n) is 16.5. The van der Waals surface area contributed by atoms with Crippen LogP contribution in [-0.4, -0.2) is 30.4 Å². The summed E-state index contributed by atoms with van der Waals surface area (Å²) >= 11 is 6.13. The van der Waals surface area contributed by atoms with Crippen LogP contribution in [-0.2, 0) is 16.8 Å². The van der Waals surface area contributed by atoms with Crippen molar-refractivity contribution in [1.29, 1.82) is 0 Å². The van der Waals surface area contributed by atoms with Gasteiger partial charge in [0.2, 0.25) is 5.91 Å². The molecule has 1 spiro atoms. The molecular formula is C24H26ClFN2O. The van der Waals surface area contributed by atoms with Gasteiger partial charge in [0.15, 0.2) is 0 Å². The summed E-state index contributed by atoms with van der Waals surface area (Å²) in [7, 11) is 0. The Bertz CT molecular complexity index is 934. The van der Waals surface area contributed by atoms with Crippen LogP contribution >= 0.6 is 11.6 Å². The van der Waals surface area contributed by atoms with E-state index in [0.29, 0.717) is 6.54 Å². The number of fused-ring (bicyclic) bond motifs is 2. The monoisotopic (exact) mass is 412 g/mol. The van der Waals surface area contributed by atoms with E-state index < -0.39 is 0 Å². The summed E-state index contributed by atoms with van der Waals surface area (Å²) in [5, 5.41) is 0.765. The number of anilines is 1. The number of halogens is 2. The van der Waals surface area contributed by atoms with Gasteiger partial charge in [0.25, 0.3) is 0 Å². The lowest BCUT2D eigenvalue weighted by molar-refractivity contribution is -0.124. The number of hydrogen-bond acceptors (Lipinski definition) is 2. The molecule has 3 aliphatic rings. The highest BCUT2D eigenvalue weighted by Gasteiger charge is 2.47. The third-order valence-electron chi connectivity index (χ3n) is 7.11. The lowest BCUT2D eigenvalue weighted by atomic mass is 9.74. The molecule has 2 aromatic carbocycles. The fourth-order valence-electron chi connectivity index (χ4n) is 5.17. The first kappa shape index (κ1) is 19.1. The van der Waals surface area contributed by atoms with Crippen LogP contribution in [0.5, 0.6) is 0 Å². The molecule has 1 saturated carbocycles. The molecule has 0 radical (unpaired) electrons. The normalized spacial score (nSPS) is 21.2. The Balaban J connectivity index is 1.35. The van der Waals surface area contributed by atoms with Crippen molar-refractivity contribution < 1.29 is 9.18 Å². The lowest BCUT2D eigenvalue weighted by Gasteiger charge is -2.40. The van der Waals surface area contributed by atoms with Crippen molar-refractivity contribution in [2.75, 3.05) is 24.5 Å². The maximum Gasteiger partial charge on any atom is 0.230 e. The SMILES string of the molecule is O=C(C1CCC1)N1CC2(CCN(Cc3cccc(Cl)c3)CC2)c2cc(F)ccc21. The van der Waals surface area contributed by atoms with Gasteiger partial charge in [-0.05, 0) is 80.2 Å². The second-order valence-corrected chi connectivity index (χ2v) is 9.34. The molecular weight excluding hydrogens is 387 g/mol. The van der Waals surface area contributed by atoms with Crippen molar-refractivity contribution in [3.05, 3.63) is 64.4 Å². The standard InChI is InChI=1S/C24H26ClFN2O/c25-19-6-1-3-17(13-19)15-27-11-9-24(10-12-27)16-28(23(29)18-4-2-5-18)22-8-7-20(26)14-21(22)24/h1,3,6-8,13-14,18H,2,4-5,9-12,15-16H2. The molecule has 0 aromatic heterocycles. The maximum absolute atomic E-state index is 14.1. The molecule has 2 aliphatic heterocycles. The minimum Gasteiger partial charge on any atom is -0.311 e. The second-order valence-electron chi connectivity index (χ2n) is 8.90. The number of carbonyl (C=O) groups is 1. The fraction of sp³-hybridized carbons (Fsp3) is 0.458. The second kappa shape index (κ2) is 7.41. The summed E-state index contributed by atoms with van der Waals surface area (Å²) in [6, 6.07) is 13.0. The summed E-state index contributed by atoms with van der Waals surface area (Å²) in [5.74, 6) is 0.190. The molecule has 29 heavy (non-hydrogen) atoms. The number of piperidine rings is 1. The van der Waals surface area contributed by atoms with E-state index in [9.17, 15) is 9.18 Å². The molecule has 2 heterocycles. The summed E-state index contributed by atoms with van der Waals surface area (Å²) in [5.41, 5.74) is 3.06. The highest BCUT2D eigenvalue weighted by atomic mass is 35.5. The number of rotatable bonds is 3. The van der Waals surface area contributed by atoms with Gasteiger partial charge >= 0.3 is 0 Å². The van der Waals surface area contributed by atoms with Crippen LogP contribution in [0, 0.1) is 11.7 Å². The molecule has 1 aliphatic carbocycles. The Labute approximate surface area is 176 Å². The van der Waals surface area contributed by atoms with Crippen LogP contribution in [0.25, 0.3) is 0 Å². The van der Waals surface area contributed by atoms with Gasteiger partial charge < -0.3 is 4.90 Å². The molecule has 5 rings (SSSR count). The first-order valence-electron chi connectivity index (χ1n) is 10.6. The zero-order chi connectivity index (χ0) is 20.0. The van der Waals surface area contributed by atoms with E-state index in [1.807, 2.05) is 29.2 Å². The fourth-order valence-corrected chi connectivity index (χ4v) is 5.39. The van der Waals surface area contributed by atoms with E-state index >= 15 is 0 Å². The zero-order valence-corrected chi connectivity index (χ0v) is 17.3. The van der Waals surface area contributed by atoms with Crippen LogP contribution < -0.4 is 4.90 Å². The molecule has 2 fully saturated rings. The largest absolute Gasteiger partial charge is 0.311 e. The van der Waals surface area contributed by atoms with E-state index in [1.54, 1.807) is 6.07 Å². The highest BCUT2D eigenvalue weighted by Crippen LogP contribution is 2.48. The van der Waals surface area contributed by atoms with Crippen molar-refractivity contribution in [1.82, 2.24) is 4.90 Å². The third kappa shape index (κ3) is 3.47. The van der Waals surface area contributed by atoms with Gasteiger partial charge in [-0.25, -0.2) is 4.39 Å². The van der Waals surface area contributed by atoms with Crippen molar-refractivity contribution in [2.45, 2.75) is 44.1 Å². The summed E-state index contributed by atoms with van der Waals surface area (Å²) in [6.07, 6.45) is 5.01. The van der Waals surface area contributed by atoms with Crippen molar-refractivity contribution in [2.24, 2.45) is 5.92 Å². The van der Waals surface area contributed by atoms with Crippen LogP contribution in [0.2, 0.25) is 5.02 Å². The van der Waals surface area contributed by atoms with E-state index in [4.69, 9.17) is 11.6 Å². The Morgan fingerprint density at radius 1 is 1.14 bits per heavy atom. The van der Waals surface area contributed by atoms with Gasteiger partial charge in [-0.15, -0.1) is 0 Å². The molecule has 152 valence electrons. The smallest absolute Gasteiger partial charge is 0.230 e. The van der Waals surface area contributed by atoms with Crippen LogP contribution in [0.1, 0.15) is 43.2 Å². The minimum atomic E-state index is -0.206. The third-order valence-corrected chi connectivity index (χ3v) is 7.35. The summed E-state index contributed by atoms with van der Waals surface area (Å²) in [6.45, 7) is 3.45. The predicted molar refractivity (Wildman–Crippen MR) is 114 cm³/mol. The molecule has 2 aromatic rings. The van der Waals surface area contributed by atoms with Gasteiger partial charge in [0.1, 0.15) is 5.82 Å². The van der Waals surface area contributed by atoms with Gasteiger partial charge in [0, 0.05) is 35.1 Å². The topological polar surface area (TPSA) is 23.6 Å². The summed E-state index contributed by atoms with van der Waals surface area (Å²) < 4.78 is 14.1. The average molecular weight is 413 g/mol. The van der Waals surface area contributed by atoms with Crippen molar-refractivity contribution >= 4 is 23.2 Å². The van der Waals surface area contributed by atoms with Gasteiger partial charge in [-0.3, -0.25) is 9.69 Å². The molecule has 1 amide bonds. The minimum absolute atomic E-state index is 0.123. The van der Waals surface area contributed by atoms with Gasteiger partial charge in [-0.1, -0.05) is 30.2 Å². The first-order valence-corrected chi connectivity index (χ1v) is 11.0. The molecule has 0 N–H and O–H groups in total. The Hall–Kier alpha value is -1.91. The number of amides is 1. The Morgan fingerprint density at radius 3 is 2.62 bits per heavy atom. The lowest BCUT2D eigenvalue weighted by Crippen LogP contribution is -2.47. The molecule has 0 unspecified atom stereocenters. The molecule has 0 bridgehead atoms. The van der Waals surface area contributed by atoms with Crippen molar-refractivity contribution in [3.63, 3.8) is 0 Å². The number of carbonyl (C=O) groups excluding carboxylic acids is 1. The molecule has 1 saturated heterocycles. The number of benzene rings is 2. The Kier molecular flexibility index (Phi) is 4.87. The molecule has 3 nitrogen and oxygen atoms in total. The van der Waals surface area contributed by atoms with E-state index in [-0.39, 0.29) is 23.1 Å². The van der Waals surface area contributed by atoms with Crippen molar-refractivity contribution in [3.8, 4) is 0 Å². The van der Waals surface area contributed by atoms with Crippen LogP contribution in [0.3, 0.4) is 0 Å². The molecule has 0 atom stereocenters. The van der Waals surface area contributed by atoms with E-state index in [0.717, 1.165) is 68.0 Å². The first-order chi connectivity index (χ1) is 14.0. The maximum atomic E-state index is 14.1. The molecule has 5 heteroatoms. The average Bonchev–Trinajstić information content (AvgIpc) is 2.96. The van der Waals surface area contributed by atoms with E-state index in [1.165, 1.54) is 11.6 Å². The van der Waals surface area contributed by atoms with Crippen LogP contribution in [0.4, 0.5) is 10.1 Å². The summed E-state index contributed by atoms with van der Waals surface area (Å²) in [4.78, 5) is 17.4. The predicted octanol–water partition coefficient (Wildman–Crippen LogP) is 5.16.